The predicted octanol–water partition coefficient (Wildman–Crippen LogP) is 4.79. The molecule has 2 aromatic rings. The van der Waals surface area contributed by atoms with E-state index in [9.17, 15) is 5.11 Å². The number of benzene rings is 1. The van der Waals surface area contributed by atoms with Crippen LogP contribution >= 0.6 is 23.2 Å². The first-order valence-electron chi connectivity index (χ1n) is 9.46. The lowest BCUT2D eigenvalue weighted by molar-refractivity contribution is 0.132. The fraction of sp³-hybridized carbons (Fsp3) is 0.476. The Hall–Kier alpha value is -1.17. The molecule has 2 rings (SSSR count). The first-order valence-corrected chi connectivity index (χ1v) is 10.2. The molecule has 0 aliphatic heterocycles. The molecule has 1 aromatic carbocycles. The van der Waals surface area contributed by atoms with E-state index in [1.54, 1.807) is 12.1 Å². The molecule has 0 atom stereocenters. The summed E-state index contributed by atoms with van der Waals surface area (Å²) in [7, 11) is 0. The third-order valence-corrected chi connectivity index (χ3v) is 4.90. The molecule has 2 N–H and O–H groups in total. The largest absolute Gasteiger partial charge is 0.392 e. The average molecular weight is 411 g/mol. The minimum atomic E-state index is -0.0579. The quantitative estimate of drug-likeness (QED) is 0.466. The Morgan fingerprint density at radius 3 is 2.67 bits per heavy atom. The van der Waals surface area contributed by atoms with Crippen LogP contribution in [0.1, 0.15) is 42.5 Å². The predicted molar refractivity (Wildman–Crippen MR) is 111 cm³/mol. The first kappa shape index (κ1) is 22.1. The summed E-state index contributed by atoms with van der Waals surface area (Å²) < 4.78 is 5.67. The fourth-order valence-electron chi connectivity index (χ4n) is 2.84. The third kappa shape index (κ3) is 8.58. The van der Waals surface area contributed by atoms with Gasteiger partial charge in [-0.2, -0.15) is 0 Å². The van der Waals surface area contributed by atoms with Gasteiger partial charge in [-0.05, 0) is 54.8 Å². The van der Waals surface area contributed by atoms with Gasteiger partial charge in [0.05, 0.1) is 13.2 Å². The molecule has 4 nitrogen and oxygen atoms in total. The van der Waals surface area contributed by atoms with E-state index in [1.807, 2.05) is 24.4 Å². The van der Waals surface area contributed by atoms with Crippen molar-refractivity contribution in [2.75, 3.05) is 19.8 Å². The Morgan fingerprint density at radius 1 is 1.04 bits per heavy atom. The maximum absolute atomic E-state index is 9.43. The first-order chi connectivity index (χ1) is 13.2. The van der Waals surface area contributed by atoms with Crippen molar-refractivity contribution in [2.45, 2.75) is 45.3 Å². The molecular weight excluding hydrogens is 383 g/mol. The zero-order valence-electron chi connectivity index (χ0n) is 15.6. The monoisotopic (exact) mass is 410 g/mol. The molecule has 0 aliphatic carbocycles. The van der Waals surface area contributed by atoms with E-state index in [0.717, 1.165) is 68.7 Å². The maximum Gasteiger partial charge on any atom is 0.0686 e. The van der Waals surface area contributed by atoms with Gasteiger partial charge < -0.3 is 15.2 Å². The summed E-state index contributed by atoms with van der Waals surface area (Å²) in [6, 6.07) is 9.43. The van der Waals surface area contributed by atoms with Crippen LogP contribution in [0.5, 0.6) is 0 Å². The van der Waals surface area contributed by atoms with Crippen molar-refractivity contribution >= 4 is 23.2 Å². The molecule has 6 heteroatoms. The normalized spacial score (nSPS) is 11.1. The Kier molecular flexibility index (Phi) is 10.7. The molecule has 0 spiro atoms. The molecule has 27 heavy (non-hydrogen) atoms. The van der Waals surface area contributed by atoms with Gasteiger partial charge in [0.25, 0.3) is 0 Å². The minimum Gasteiger partial charge on any atom is -0.392 e. The molecule has 0 unspecified atom stereocenters. The van der Waals surface area contributed by atoms with Crippen LogP contribution in [0.25, 0.3) is 0 Å². The highest BCUT2D eigenvalue weighted by molar-refractivity contribution is 6.35. The van der Waals surface area contributed by atoms with E-state index < -0.39 is 0 Å². The van der Waals surface area contributed by atoms with Crippen LogP contribution in [-0.4, -0.2) is 29.8 Å². The number of pyridine rings is 1. The number of hydrogen-bond donors (Lipinski definition) is 2. The number of nitrogens with zero attached hydrogens (tertiary/aromatic N) is 1. The van der Waals surface area contributed by atoms with Crippen LogP contribution in [0.15, 0.2) is 36.5 Å². The van der Waals surface area contributed by atoms with E-state index in [0.29, 0.717) is 16.6 Å². The van der Waals surface area contributed by atoms with Gasteiger partial charge in [0.2, 0.25) is 0 Å². The van der Waals surface area contributed by atoms with Crippen LogP contribution < -0.4 is 5.32 Å². The molecule has 0 bridgehead atoms. The second-order valence-electron chi connectivity index (χ2n) is 6.46. The highest BCUT2D eigenvalue weighted by Gasteiger charge is 2.08. The number of rotatable bonds is 13. The standard InChI is InChI=1S/C21H28Cl2N2O2/c22-18-13-17(16-26)20(21(23)14-18)15-24-9-4-1-2-6-11-27-12-8-19-7-3-5-10-25-19/h3,5,7,10,13-14,24,26H,1-2,4,6,8-9,11-12,15-16H2. The number of unbranched alkanes of at least 4 members (excludes halogenated alkanes) is 3. The lowest BCUT2D eigenvalue weighted by Crippen LogP contribution is -2.16. The smallest absolute Gasteiger partial charge is 0.0686 e. The van der Waals surface area contributed by atoms with Crippen molar-refractivity contribution < 1.29 is 9.84 Å². The number of hydrogen-bond acceptors (Lipinski definition) is 4. The molecule has 1 aromatic heterocycles. The van der Waals surface area contributed by atoms with Crippen molar-refractivity contribution in [2.24, 2.45) is 0 Å². The number of aromatic nitrogens is 1. The summed E-state index contributed by atoms with van der Waals surface area (Å²) in [6.07, 6.45) is 7.20. The molecule has 0 radical (unpaired) electrons. The third-order valence-electron chi connectivity index (χ3n) is 4.35. The van der Waals surface area contributed by atoms with Crippen LogP contribution in [0.3, 0.4) is 0 Å². The summed E-state index contributed by atoms with van der Waals surface area (Å²) in [6.45, 7) is 3.04. The molecule has 1 heterocycles. The van der Waals surface area contributed by atoms with E-state index in [2.05, 4.69) is 10.3 Å². The summed E-state index contributed by atoms with van der Waals surface area (Å²) in [5, 5.41) is 14.0. The molecule has 0 amide bonds. The highest BCUT2D eigenvalue weighted by atomic mass is 35.5. The highest BCUT2D eigenvalue weighted by Crippen LogP contribution is 2.25. The van der Waals surface area contributed by atoms with Gasteiger partial charge in [-0.3, -0.25) is 4.98 Å². The summed E-state index contributed by atoms with van der Waals surface area (Å²) in [5.41, 5.74) is 2.78. The molecule has 0 fully saturated rings. The van der Waals surface area contributed by atoms with E-state index in [-0.39, 0.29) is 6.61 Å². The van der Waals surface area contributed by atoms with Gasteiger partial charge in [0.1, 0.15) is 0 Å². The van der Waals surface area contributed by atoms with E-state index >= 15 is 0 Å². The lowest BCUT2D eigenvalue weighted by Gasteiger charge is -2.12. The topological polar surface area (TPSA) is 54.4 Å². The summed E-state index contributed by atoms with van der Waals surface area (Å²) in [4.78, 5) is 4.28. The van der Waals surface area contributed by atoms with Crippen LogP contribution in [0, 0.1) is 0 Å². The van der Waals surface area contributed by atoms with Crippen molar-refractivity contribution in [1.82, 2.24) is 10.3 Å². The van der Waals surface area contributed by atoms with Gasteiger partial charge >= 0.3 is 0 Å². The maximum atomic E-state index is 9.43. The van der Waals surface area contributed by atoms with Gasteiger partial charge in [-0.25, -0.2) is 0 Å². The van der Waals surface area contributed by atoms with Crippen LogP contribution in [-0.2, 0) is 24.3 Å². The number of aliphatic hydroxyl groups is 1. The number of halogens is 2. The fourth-order valence-corrected chi connectivity index (χ4v) is 3.44. The second kappa shape index (κ2) is 13.1. The Labute approximate surface area is 171 Å². The molecular formula is C21H28Cl2N2O2. The summed E-state index contributed by atoms with van der Waals surface area (Å²) in [5.74, 6) is 0. The Bertz CT molecular complexity index is 669. The van der Waals surface area contributed by atoms with Gasteiger partial charge in [0, 0.05) is 41.5 Å². The van der Waals surface area contributed by atoms with Gasteiger partial charge in [0.15, 0.2) is 0 Å². The second-order valence-corrected chi connectivity index (χ2v) is 7.30. The number of aliphatic hydroxyl groups excluding tert-OH is 1. The zero-order valence-corrected chi connectivity index (χ0v) is 17.1. The van der Waals surface area contributed by atoms with Gasteiger partial charge in [-0.1, -0.05) is 42.1 Å². The van der Waals surface area contributed by atoms with Crippen LogP contribution in [0.4, 0.5) is 0 Å². The Morgan fingerprint density at radius 2 is 1.89 bits per heavy atom. The van der Waals surface area contributed by atoms with Crippen LogP contribution in [0.2, 0.25) is 10.0 Å². The van der Waals surface area contributed by atoms with Crippen molar-refractivity contribution in [1.29, 1.82) is 0 Å². The van der Waals surface area contributed by atoms with Crippen molar-refractivity contribution in [3.05, 3.63) is 63.4 Å². The van der Waals surface area contributed by atoms with Crippen molar-refractivity contribution in [3.63, 3.8) is 0 Å². The SMILES string of the molecule is OCc1cc(Cl)cc(Cl)c1CNCCCCCCOCCc1ccccn1. The van der Waals surface area contributed by atoms with E-state index in [4.69, 9.17) is 27.9 Å². The lowest BCUT2D eigenvalue weighted by atomic mass is 10.1. The molecule has 0 saturated heterocycles. The number of ether oxygens (including phenoxy) is 1. The summed E-state index contributed by atoms with van der Waals surface area (Å²) >= 11 is 12.2. The van der Waals surface area contributed by atoms with Gasteiger partial charge in [-0.15, -0.1) is 0 Å². The molecule has 0 aliphatic rings. The van der Waals surface area contributed by atoms with E-state index in [1.165, 1.54) is 0 Å². The zero-order chi connectivity index (χ0) is 19.3. The minimum absolute atomic E-state index is 0.0579. The number of nitrogens with one attached hydrogen (secondary N) is 1. The molecule has 0 saturated carbocycles. The van der Waals surface area contributed by atoms with Crippen molar-refractivity contribution in [3.8, 4) is 0 Å². The Balaban J connectivity index is 1.47. The molecule has 148 valence electrons. The average Bonchev–Trinajstić information content (AvgIpc) is 2.67.